The molecule has 3 rings (SSSR count). The number of rotatable bonds is 5. The van der Waals surface area contributed by atoms with Gasteiger partial charge in [-0.1, -0.05) is 42.5 Å². The first-order valence-electron chi connectivity index (χ1n) is 9.59. The number of benzene rings is 2. The Bertz CT molecular complexity index is 859. The molecular weight excluding hydrogens is 499 g/mol. The van der Waals surface area contributed by atoms with Gasteiger partial charge in [0.25, 0.3) is 0 Å². The number of halogens is 5. The van der Waals surface area contributed by atoms with Crippen LogP contribution in [0.25, 0.3) is 11.1 Å². The van der Waals surface area contributed by atoms with Gasteiger partial charge in [0.2, 0.25) is 0 Å². The Balaban J connectivity index is 2.11. The highest BCUT2D eigenvalue weighted by Gasteiger charge is 2.31. The summed E-state index contributed by atoms with van der Waals surface area (Å²) in [6, 6.07) is 6.68. The van der Waals surface area contributed by atoms with Crippen LogP contribution in [0.5, 0.6) is 5.75 Å². The monoisotopic (exact) mass is 522 g/mol. The Morgan fingerprint density at radius 3 is 2.48 bits per heavy atom. The van der Waals surface area contributed by atoms with Gasteiger partial charge in [0, 0.05) is 22.5 Å². The van der Waals surface area contributed by atoms with Crippen LogP contribution in [0.3, 0.4) is 0 Å². The van der Waals surface area contributed by atoms with Crippen LogP contribution in [0.4, 0.5) is 17.6 Å². The fourth-order valence-corrected chi connectivity index (χ4v) is 4.04. The zero-order valence-electron chi connectivity index (χ0n) is 16.3. The molecule has 1 unspecified atom stereocenters. The molecule has 1 fully saturated rings. The van der Waals surface area contributed by atoms with Crippen molar-refractivity contribution in [2.24, 2.45) is 0 Å². The fraction of sp³-hybridized carbons (Fsp3) is 0.455. The van der Waals surface area contributed by atoms with Crippen molar-refractivity contribution < 1.29 is 27.0 Å². The Morgan fingerprint density at radius 1 is 1.14 bits per heavy atom. The lowest BCUT2D eigenvalue weighted by atomic mass is 9.93. The van der Waals surface area contributed by atoms with Crippen molar-refractivity contribution in [3.8, 4) is 16.9 Å². The van der Waals surface area contributed by atoms with Crippen molar-refractivity contribution in [1.82, 2.24) is 0 Å². The molecular formula is C22H23F4IO2. The summed E-state index contributed by atoms with van der Waals surface area (Å²) in [6.07, 6.45) is -2.31. The summed E-state index contributed by atoms with van der Waals surface area (Å²) in [5.74, 6) is -0.173. The predicted molar refractivity (Wildman–Crippen MR) is 113 cm³/mol. The van der Waals surface area contributed by atoms with Gasteiger partial charge in [-0.15, -0.1) is 0 Å². The first-order chi connectivity index (χ1) is 13.7. The second-order valence-electron chi connectivity index (χ2n) is 7.44. The van der Waals surface area contributed by atoms with Crippen LogP contribution in [-0.2, 0) is 15.3 Å². The summed E-state index contributed by atoms with van der Waals surface area (Å²) in [5.41, 5.74) is 1.52. The molecule has 2 aromatic carbocycles. The lowest BCUT2D eigenvalue weighted by molar-refractivity contribution is -0.137. The maximum atomic E-state index is 14.7. The predicted octanol–water partition coefficient (Wildman–Crippen LogP) is 7.48. The van der Waals surface area contributed by atoms with Gasteiger partial charge >= 0.3 is 6.18 Å². The van der Waals surface area contributed by atoms with Crippen molar-refractivity contribution in [1.29, 1.82) is 0 Å². The van der Waals surface area contributed by atoms with Crippen LogP contribution in [-0.4, -0.2) is 12.9 Å². The van der Waals surface area contributed by atoms with E-state index in [1.54, 1.807) is 6.07 Å². The van der Waals surface area contributed by atoms with E-state index < -0.39 is 23.8 Å². The fourth-order valence-electron chi connectivity index (χ4n) is 3.41. The molecule has 1 atom stereocenters. The maximum absolute atomic E-state index is 14.7. The average molecular weight is 522 g/mol. The number of alkyl halides is 4. The van der Waals surface area contributed by atoms with Crippen molar-refractivity contribution in [3.05, 3.63) is 52.8 Å². The second kappa shape index (κ2) is 9.20. The minimum Gasteiger partial charge on any atom is -0.464 e. The Kier molecular flexibility index (Phi) is 7.09. The van der Waals surface area contributed by atoms with Crippen molar-refractivity contribution in [2.75, 3.05) is 6.61 Å². The van der Waals surface area contributed by atoms with Crippen LogP contribution >= 0.6 is 22.6 Å². The molecule has 0 aromatic heterocycles. The molecule has 0 spiro atoms. The van der Waals surface area contributed by atoms with E-state index in [9.17, 15) is 17.6 Å². The molecule has 29 heavy (non-hydrogen) atoms. The van der Waals surface area contributed by atoms with E-state index >= 15 is 0 Å². The SMILES string of the molecule is CC(C)c1cc(-c2ccc(C(F)(F)F)cc2CI)c(OC2CCCCO2)cc1F. The molecule has 1 heterocycles. The van der Waals surface area contributed by atoms with Crippen molar-refractivity contribution in [3.63, 3.8) is 0 Å². The van der Waals surface area contributed by atoms with E-state index in [0.717, 1.165) is 25.0 Å². The number of ether oxygens (including phenoxy) is 2. The summed E-state index contributed by atoms with van der Waals surface area (Å²) in [6.45, 7) is 4.32. The third-order valence-corrected chi connectivity index (χ3v) is 5.81. The van der Waals surface area contributed by atoms with E-state index in [2.05, 4.69) is 0 Å². The molecule has 1 aliphatic heterocycles. The van der Waals surface area contributed by atoms with Gasteiger partial charge in [0.1, 0.15) is 11.6 Å². The van der Waals surface area contributed by atoms with Gasteiger partial charge in [0.15, 0.2) is 6.29 Å². The smallest absolute Gasteiger partial charge is 0.416 e. The summed E-state index contributed by atoms with van der Waals surface area (Å²) < 4.78 is 66.1. The third-order valence-electron chi connectivity index (χ3n) is 4.98. The van der Waals surface area contributed by atoms with Gasteiger partial charge in [0.05, 0.1) is 12.2 Å². The Hall–Kier alpha value is -1.35. The molecule has 1 aliphatic rings. The lowest BCUT2D eigenvalue weighted by Gasteiger charge is -2.26. The standard InChI is InChI=1S/C22H23F4IO2/c1-13(2)17-10-18(16-7-6-15(22(24,25)26)9-14(16)12-27)20(11-19(17)23)29-21-5-3-4-8-28-21/h6-7,9-11,13,21H,3-5,8,12H2,1-2H3. The minimum absolute atomic E-state index is 0.0776. The number of hydrogen-bond acceptors (Lipinski definition) is 2. The molecule has 0 amide bonds. The number of hydrogen-bond donors (Lipinski definition) is 0. The summed E-state index contributed by atoms with van der Waals surface area (Å²) in [5, 5.41) is 0. The molecule has 158 valence electrons. The molecule has 1 saturated heterocycles. The topological polar surface area (TPSA) is 18.5 Å². The van der Waals surface area contributed by atoms with Gasteiger partial charge in [-0.05, 0) is 53.6 Å². The molecule has 7 heteroatoms. The maximum Gasteiger partial charge on any atom is 0.416 e. The van der Waals surface area contributed by atoms with Crippen LogP contribution in [0.15, 0.2) is 30.3 Å². The van der Waals surface area contributed by atoms with Crippen LogP contribution in [0.1, 0.15) is 55.7 Å². The normalized spacial score (nSPS) is 17.6. The Morgan fingerprint density at radius 2 is 1.90 bits per heavy atom. The largest absolute Gasteiger partial charge is 0.464 e. The average Bonchev–Trinajstić information content (AvgIpc) is 2.67. The molecule has 2 nitrogen and oxygen atoms in total. The first-order valence-corrected chi connectivity index (χ1v) is 11.1. The van der Waals surface area contributed by atoms with Gasteiger partial charge in [-0.3, -0.25) is 0 Å². The van der Waals surface area contributed by atoms with E-state index in [1.807, 2.05) is 36.4 Å². The molecule has 0 saturated carbocycles. The molecule has 2 aromatic rings. The van der Waals surface area contributed by atoms with E-state index in [-0.39, 0.29) is 5.92 Å². The quantitative estimate of drug-likeness (QED) is 0.230. The van der Waals surface area contributed by atoms with E-state index in [4.69, 9.17) is 9.47 Å². The highest BCUT2D eigenvalue weighted by molar-refractivity contribution is 14.1. The molecule has 0 radical (unpaired) electrons. The zero-order valence-corrected chi connectivity index (χ0v) is 18.4. The van der Waals surface area contributed by atoms with Gasteiger partial charge in [-0.2, -0.15) is 13.2 Å². The van der Waals surface area contributed by atoms with Crippen LogP contribution in [0, 0.1) is 5.82 Å². The third kappa shape index (κ3) is 5.23. The van der Waals surface area contributed by atoms with Crippen molar-refractivity contribution in [2.45, 2.75) is 55.9 Å². The molecule has 0 N–H and O–H groups in total. The minimum atomic E-state index is -4.42. The first kappa shape index (κ1) is 22.3. The summed E-state index contributed by atoms with van der Waals surface area (Å²) in [4.78, 5) is 0. The van der Waals surface area contributed by atoms with Crippen LogP contribution < -0.4 is 4.74 Å². The van der Waals surface area contributed by atoms with Crippen molar-refractivity contribution >= 4 is 22.6 Å². The van der Waals surface area contributed by atoms with Gasteiger partial charge < -0.3 is 9.47 Å². The molecule has 0 bridgehead atoms. The highest BCUT2D eigenvalue weighted by Crippen LogP contribution is 2.40. The van der Waals surface area contributed by atoms with E-state index in [0.29, 0.717) is 45.5 Å². The van der Waals surface area contributed by atoms with Gasteiger partial charge in [-0.25, -0.2) is 4.39 Å². The van der Waals surface area contributed by atoms with E-state index in [1.165, 1.54) is 12.1 Å². The lowest BCUT2D eigenvalue weighted by Crippen LogP contribution is -2.25. The highest BCUT2D eigenvalue weighted by atomic mass is 127. The second-order valence-corrected chi connectivity index (χ2v) is 8.20. The summed E-state index contributed by atoms with van der Waals surface area (Å²) >= 11 is 2.04. The molecule has 0 aliphatic carbocycles. The Labute approximate surface area is 181 Å². The van der Waals surface area contributed by atoms with Crippen LogP contribution in [0.2, 0.25) is 0 Å². The summed E-state index contributed by atoms with van der Waals surface area (Å²) in [7, 11) is 0. The zero-order chi connectivity index (χ0) is 21.2.